The van der Waals surface area contributed by atoms with E-state index in [4.69, 9.17) is 5.73 Å². The van der Waals surface area contributed by atoms with Crippen molar-refractivity contribution in [3.8, 4) is 0 Å². The zero-order valence-electron chi connectivity index (χ0n) is 10.1. The minimum Gasteiger partial charge on any atom is -0.399 e. The molecule has 4 nitrogen and oxygen atoms in total. The number of hydrogen-bond acceptors (Lipinski definition) is 3. The van der Waals surface area contributed by atoms with Crippen molar-refractivity contribution in [3.05, 3.63) is 29.3 Å². The summed E-state index contributed by atoms with van der Waals surface area (Å²) in [7, 11) is 0. The fraction of sp³-hybridized carbons (Fsp3) is 0.417. The van der Waals surface area contributed by atoms with E-state index >= 15 is 0 Å². The van der Waals surface area contributed by atoms with Crippen LogP contribution in [-0.4, -0.2) is 37.0 Å². The number of carbonyl (C=O) groups excluding carboxylic acids is 1. The number of nitrogens with zero attached hydrogens (tertiary/aromatic N) is 1. The van der Waals surface area contributed by atoms with Crippen molar-refractivity contribution in [2.24, 2.45) is 0 Å². The minimum atomic E-state index is -4.51. The summed E-state index contributed by atoms with van der Waals surface area (Å²) >= 11 is 0. The van der Waals surface area contributed by atoms with Crippen LogP contribution in [0.4, 0.5) is 18.9 Å². The SMILES string of the molecule is Nc1cc(C(=O)N2CCNCC2)cc(C(F)(F)F)c1. The summed E-state index contributed by atoms with van der Waals surface area (Å²) in [5, 5.41) is 3.07. The van der Waals surface area contributed by atoms with E-state index in [1.54, 1.807) is 0 Å². The van der Waals surface area contributed by atoms with Gasteiger partial charge in [0.2, 0.25) is 0 Å². The summed E-state index contributed by atoms with van der Waals surface area (Å²) in [6, 6.07) is 2.95. The molecule has 0 spiro atoms. The van der Waals surface area contributed by atoms with Crippen LogP contribution in [0.5, 0.6) is 0 Å². The van der Waals surface area contributed by atoms with E-state index in [2.05, 4.69) is 5.32 Å². The van der Waals surface area contributed by atoms with Crippen molar-refractivity contribution in [3.63, 3.8) is 0 Å². The number of benzene rings is 1. The number of nitrogens with two attached hydrogens (primary N) is 1. The maximum atomic E-state index is 12.7. The smallest absolute Gasteiger partial charge is 0.399 e. The zero-order valence-corrected chi connectivity index (χ0v) is 10.1. The molecule has 1 amide bonds. The molecule has 3 N–H and O–H groups in total. The summed E-state index contributed by atoms with van der Waals surface area (Å²) < 4.78 is 38.0. The van der Waals surface area contributed by atoms with Gasteiger partial charge in [-0.3, -0.25) is 4.79 Å². The normalized spacial score (nSPS) is 16.5. The van der Waals surface area contributed by atoms with Gasteiger partial charge in [-0.1, -0.05) is 0 Å². The quantitative estimate of drug-likeness (QED) is 0.759. The third-order valence-corrected chi connectivity index (χ3v) is 2.93. The van der Waals surface area contributed by atoms with Crippen LogP contribution in [0.25, 0.3) is 0 Å². The maximum absolute atomic E-state index is 12.7. The Kier molecular flexibility index (Phi) is 3.66. The summed E-state index contributed by atoms with van der Waals surface area (Å²) in [5.74, 6) is -0.417. The predicted octanol–water partition coefficient (Wildman–Crippen LogP) is 1.33. The molecule has 0 saturated carbocycles. The van der Waals surface area contributed by atoms with Crippen LogP contribution in [0.15, 0.2) is 18.2 Å². The van der Waals surface area contributed by atoms with Gasteiger partial charge in [0.05, 0.1) is 5.56 Å². The monoisotopic (exact) mass is 273 g/mol. The van der Waals surface area contributed by atoms with Gasteiger partial charge >= 0.3 is 6.18 Å². The van der Waals surface area contributed by atoms with Gasteiger partial charge in [0.15, 0.2) is 0 Å². The van der Waals surface area contributed by atoms with Gasteiger partial charge in [0.25, 0.3) is 5.91 Å². The molecule has 19 heavy (non-hydrogen) atoms. The lowest BCUT2D eigenvalue weighted by molar-refractivity contribution is -0.137. The van der Waals surface area contributed by atoms with E-state index in [0.29, 0.717) is 26.2 Å². The third-order valence-electron chi connectivity index (χ3n) is 2.93. The molecule has 1 fully saturated rings. The number of amides is 1. The van der Waals surface area contributed by atoms with Crippen molar-refractivity contribution in [2.75, 3.05) is 31.9 Å². The molecular formula is C12H14F3N3O. The summed E-state index contributed by atoms with van der Waals surface area (Å²) in [5.41, 5.74) is 4.46. The first kappa shape index (κ1) is 13.7. The standard InChI is InChI=1S/C12H14F3N3O/c13-12(14,15)9-5-8(6-10(16)7-9)11(19)18-3-1-17-2-4-18/h5-7,17H,1-4,16H2. The number of halogens is 3. The zero-order chi connectivity index (χ0) is 14.0. The largest absolute Gasteiger partial charge is 0.416 e. The van der Waals surface area contributed by atoms with Crippen LogP contribution >= 0.6 is 0 Å². The van der Waals surface area contributed by atoms with Crippen LogP contribution < -0.4 is 11.1 Å². The second-order valence-electron chi connectivity index (χ2n) is 4.38. The number of piperazine rings is 1. The van der Waals surface area contributed by atoms with E-state index in [9.17, 15) is 18.0 Å². The number of nitrogens with one attached hydrogen (secondary N) is 1. The highest BCUT2D eigenvalue weighted by Gasteiger charge is 2.32. The highest BCUT2D eigenvalue weighted by Crippen LogP contribution is 2.31. The molecule has 2 rings (SSSR count). The Morgan fingerprint density at radius 2 is 1.84 bits per heavy atom. The summed E-state index contributed by atoms with van der Waals surface area (Å²) in [6.45, 7) is 2.24. The highest BCUT2D eigenvalue weighted by molar-refractivity contribution is 5.95. The van der Waals surface area contributed by atoms with Crippen LogP contribution in [-0.2, 0) is 6.18 Å². The Bertz CT molecular complexity index is 482. The fourth-order valence-electron chi connectivity index (χ4n) is 1.99. The van der Waals surface area contributed by atoms with E-state index in [1.807, 2.05) is 0 Å². The molecule has 1 aliphatic rings. The van der Waals surface area contributed by atoms with Gasteiger partial charge in [-0.2, -0.15) is 13.2 Å². The van der Waals surface area contributed by atoms with E-state index in [1.165, 1.54) is 11.0 Å². The molecule has 7 heteroatoms. The highest BCUT2D eigenvalue weighted by atomic mass is 19.4. The molecule has 1 aromatic carbocycles. The van der Waals surface area contributed by atoms with Gasteiger partial charge < -0.3 is 16.0 Å². The Labute approximate surface area is 108 Å². The molecule has 1 aliphatic heterocycles. The van der Waals surface area contributed by atoms with Crippen molar-refractivity contribution in [1.29, 1.82) is 0 Å². The lowest BCUT2D eigenvalue weighted by Crippen LogP contribution is -2.46. The van der Waals surface area contributed by atoms with Crippen LogP contribution in [0.3, 0.4) is 0 Å². The minimum absolute atomic E-state index is 0.0192. The van der Waals surface area contributed by atoms with Gasteiger partial charge in [-0.05, 0) is 18.2 Å². The molecule has 1 heterocycles. The van der Waals surface area contributed by atoms with Gasteiger partial charge in [-0.25, -0.2) is 0 Å². The molecule has 0 radical (unpaired) electrons. The molecule has 0 bridgehead atoms. The topological polar surface area (TPSA) is 58.4 Å². The van der Waals surface area contributed by atoms with E-state index < -0.39 is 17.6 Å². The average Bonchev–Trinajstić information content (AvgIpc) is 2.37. The van der Waals surface area contributed by atoms with E-state index in [0.717, 1.165) is 12.1 Å². The number of hydrogen-bond donors (Lipinski definition) is 2. The second kappa shape index (κ2) is 5.08. The van der Waals surface area contributed by atoms with Crippen LogP contribution in [0, 0.1) is 0 Å². The Morgan fingerprint density at radius 3 is 2.42 bits per heavy atom. The number of alkyl halides is 3. The lowest BCUT2D eigenvalue weighted by Gasteiger charge is -2.27. The van der Waals surface area contributed by atoms with Crippen LogP contribution in [0.1, 0.15) is 15.9 Å². The van der Waals surface area contributed by atoms with Crippen molar-refractivity contribution < 1.29 is 18.0 Å². The number of carbonyl (C=O) groups is 1. The Hall–Kier alpha value is -1.76. The number of nitrogen functional groups attached to an aromatic ring is 1. The Balaban J connectivity index is 2.28. The molecule has 0 aromatic heterocycles. The molecule has 0 aliphatic carbocycles. The molecule has 104 valence electrons. The predicted molar refractivity (Wildman–Crippen MR) is 64.6 cm³/mol. The van der Waals surface area contributed by atoms with Gasteiger partial charge in [0.1, 0.15) is 0 Å². The van der Waals surface area contributed by atoms with Crippen molar-refractivity contribution in [1.82, 2.24) is 10.2 Å². The molecule has 0 unspecified atom stereocenters. The fourth-order valence-corrected chi connectivity index (χ4v) is 1.99. The second-order valence-corrected chi connectivity index (χ2v) is 4.38. The Morgan fingerprint density at radius 1 is 1.21 bits per heavy atom. The summed E-state index contributed by atoms with van der Waals surface area (Å²) in [4.78, 5) is 13.6. The molecule has 0 atom stereocenters. The van der Waals surface area contributed by atoms with Gasteiger partial charge in [-0.15, -0.1) is 0 Å². The summed E-state index contributed by atoms with van der Waals surface area (Å²) in [6.07, 6.45) is -4.51. The van der Waals surface area contributed by atoms with E-state index in [-0.39, 0.29) is 11.3 Å². The first-order chi connectivity index (χ1) is 8.88. The first-order valence-electron chi connectivity index (χ1n) is 5.85. The third kappa shape index (κ3) is 3.17. The van der Waals surface area contributed by atoms with Crippen molar-refractivity contribution in [2.45, 2.75) is 6.18 Å². The molecule has 1 saturated heterocycles. The molecule has 1 aromatic rings. The van der Waals surface area contributed by atoms with Crippen molar-refractivity contribution >= 4 is 11.6 Å². The number of anilines is 1. The average molecular weight is 273 g/mol. The number of rotatable bonds is 1. The lowest BCUT2D eigenvalue weighted by atomic mass is 10.1. The first-order valence-corrected chi connectivity index (χ1v) is 5.85. The maximum Gasteiger partial charge on any atom is 0.416 e. The van der Waals surface area contributed by atoms with Crippen LogP contribution in [0.2, 0.25) is 0 Å². The van der Waals surface area contributed by atoms with Gasteiger partial charge in [0, 0.05) is 37.4 Å². The molecular weight excluding hydrogens is 259 g/mol.